The Labute approximate surface area is 187 Å². The van der Waals surface area contributed by atoms with E-state index in [4.69, 9.17) is 79.1 Å². The number of hydrogen-bond acceptors (Lipinski definition) is 3. The van der Waals surface area contributed by atoms with Gasteiger partial charge in [-0.05, 0) is 25.7 Å². The van der Waals surface area contributed by atoms with Crippen molar-refractivity contribution in [1.82, 2.24) is 0 Å². The van der Waals surface area contributed by atoms with E-state index in [-0.39, 0.29) is 0 Å². The van der Waals surface area contributed by atoms with Crippen LogP contribution in [0.5, 0.6) is 0 Å². The summed E-state index contributed by atoms with van der Waals surface area (Å²) in [7, 11) is 0. The van der Waals surface area contributed by atoms with Crippen molar-refractivity contribution in [2.24, 2.45) is 0 Å². The third-order valence-electron chi connectivity index (χ3n) is 3.85. The molecule has 0 spiro atoms. The predicted octanol–water partition coefficient (Wildman–Crippen LogP) is 8.56. The molecule has 2 atom stereocenters. The Hall–Kier alpha value is 1.01. The average molecular weight is 493 g/mol. The zero-order valence-electron chi connectivity index (χ0n) is 15.2. The lowest BCUT2D eigenvalue weighted by Gasteiger charge is -2.27. The van der Waals surface area contributed by atoms with Gasteiger partial charge in [0.15, 0.2) is 12.2 Å². The molecule has 0 aliphatic rings. The lowest BCUT2D eigenvalue weighted by molar-refractivity contribution is -0.00504. The van der Waals surface area contributed by atoms with Crippen LogP contribution in [-0.4, -0.2) is 25.9 Å². The van der Waals surface area contributed by atoms with Crippen LogP contribution in [0.25, 0.3) is 0 Å². The maximum absolute atomic E-state index is 12.1. The molecule has 0 aromatic carbocycles. The fourth-order valence-corrected chi connectivity index (χ4v) is 3.27. The molecule has 26 heavy (non-hydrogen) atoms. The van der Waals surface area contributed by atoms with Crippen LogP contribution in [0.15, 0.2) is 0 Å². The number of carbonyl (C=O) groups excluding carboxylic acids is 1. The van der Waals surface area contributed by atoms with E-state index < -0.39 is 25.9 Å². The predicted molar refractivity (Wildman–Crippen MR) is 113 cm³/mol. The molecule has 0 saturated heterocycles. The Balaban J connectivity index is 4.66. The van der Waals surface area contributed by atoms with Crippen LogP contribution >= 0.6 is 69.6 Å². The van der Waals surface area contributed by atoms with E-state index in [1.54, 1.807) is 0 Å². The zero-order valence-corrected chi connectivity index (χ0v) is 19.8. The molecular formula is C17H28Cl6O3. The SMILES string of the molecule is CCCCCCC(OC(=O)OC(CCCCCC)C(Cl)(Cl)Cl)C(Cl)(Cl)Cl. The molecule has 0 aliphatic carbocycles. The van der Waals surface area contributed by atoms with Gasteiger partial charge >= 0.3 is 6.16 Å². The van der Waals surface area contributed by atoms with Crippen molar-refractivity contribution >= 4 is 75.8 Å². The summed E-state index contributed by atoms with van der Waals surface area (Å²) in [5.74, 6) is 0. The standard InChI is InChI=1S/C17H28Cl6O3/c1-3-5-7-9-11-13(16(18,19)20)25-15(24)26-14(17(21,22)23)12-10-8-6-4-2/h13-14H,3-12H2,1-2H3. The summed E-state index contributed by atoms with van der Waals surface area (Å²) in [5, 5.41) is 0. The summed E-state index contributed by atoms with van der Waals surface area (Å²) < 4.78 is 6.93. The maximum Gasteiger partial charge on any atom is 0.509 e. The lowest BCUT2D eigenvalue weighted by atomic mass is 10.1. The number of alkyl halides is 6. The number of carbonyl (C=O) groups is 1. The van der Waals surface area contributed by atoms with E-state index in [1.807, 2.05) is 0 Å². The second kappa shape index (κ2) is 14.1. The topological polar surface area (TPSA) is 35.5 Å². The first-order chi connectivity index (χ1) is 12.0. The molecule has 9 heteroatoms. The Morgan fingerprint density at radius 3 is 1.31 bits per heavy atom. The zero-order chi connectivity index (χ0) is 20.2. The smallest absolute Gasteiger partial charge is 0.426 e. The van der Waals surface area contributed by atoms with Gasteiger partial charge in [-0.1, -0.05) is 122 Å². The van der Waals surface area contributed by atoms with Gasteiger partial charge in [0.05, 0.1) is 0 Å². The van der Waals surface area contributed by atoms with Gasteiger partial charge in [0.2, 0.25) is 7.59 Å². The Kier molecular flexibility index (Phi) is 14.6. The molecule has 0 rings (SSSR count). The first-order valence-electron chi connectivity index (χ1n) is 9.03. The highest BCUT2D eigenvalue weighted by Gasteiger charge is 2.39. The van der Waals surface area contributed by atoms with Crippen LogP contribution in [0.4, 0.5) is 4.79 Å². The summed E-state index contributed by atoms with van der Waals surface area (Å²) in [4.78, 5) is 12.1. The highest BCUT2D eigenvalue weighted by atomic mass is 35.6. The highest BCUT2D eigenvalue weighted by molar-refractivity contribution is 6.68. The molecule has 156 valence electrons. The van der Waals surface area contributed by atoms with Crippen LogP contribution in [0.2, 0.25) is 0 Å². The molecule has 0 radical (unpaired) electrons. The van der Waals surface area contributed by atoms with Crippen LogP contribution in [0.3, 0.4) is 0 Å². The minimum Gasteiger partial charge on any atom is -0.426 e. The van der Waals surface area contributed by atoms with E-state index in [2.05, 4.69) is 13.8 Å². The Morgan fingerprint density at radius 1 is 0.692 bits per heavy atom. The molecule has 0 fully saturated rings. The van der Waals surface area contributed by atoms with Crippen molar-refractivity contribution in [3.63, 3.8) is 0 Å². The fraction of sp³-hybridized carbons (Fsp3) is 0.941. The van der Waals surface area contributed by atoms with Crippen molar-refractivity contribution in [2.75, 3.05) is 0 Å². The largest absolute Gasteiger partial charge is 0.509 e. The number of rotatable bonds is 12. The molecule has 0 aliphatic heterocycles. The van der Waals surface area contributed by atoms with Crippen molar-refractivity contribution in [3.8, 4) is 0 Å². The number of halogens is 6. The van der Waals surface area contributed by atoms with E-state index in [9.17, 15) is 4.79 Å². The normalized spacial score (nSPS) is 14.8. The summed E-state index contributed by atoms with van der Waals surface area (Å²) in [6, 6.07) is 0. The van der Waals surface area contributed by atoms with Gasteiger partial charge in [-0.25, -0.2) is 4.79 Å². The molecule has 0 N–H and O–H groups in total. The monoisotopic (exact) mass is 490 g/mol. The number of unbranched alkanes of at least 4 members (excludes halogenated alkanes) is 6. The fourth-order valence-electron chi connectivity index (χ4n) is 2.35. The van der Waals surface area contributed by atoms with Gasteiger partial charge in [-0.3, -0.25) is 0 Å². The van der Waals surface area contributed by atoms with E-state index in [0.29, 0.717) is 12.8 Å². The van der Waals surface area contributed by atoms with Crippen LogP contribution in [0.1, 0.15) is 78.1 Å². The molecule has 0 aromatic heterocycles. The second-order valence-electron chi connectivity index (χ2n) is 6.24. The van der Waals surface area contributed by atoms with Crippen LogP contribution in [0, 0.1) is 0 Å². The maximum atomic E-state index is 12.1. The summed E-state index contributed by atoms with van der Waals surface area (Å²) in [6.07, 6.45) is 5.71. The molecule has 3 nitrogen and oxygen atoms in total. The number of ether oxygens (including phenoxy) is 2. The summed E-state index contributed by atoms with van der Waals surface area (Å²) >= 11 is 35.5. The summed E-state index contributed by atoms with van der Waals surface area (Å²) in [6.45, 7) is 4.19. The molecule has 0 saturated carbocycles. The molecule has 0 heterocycles. The van der Waals surface area contributed by atoms with Gasteiger partial charge in [0, 0.05) is 0 Å². The van der Waals surface area contributed by atoms with Crippen LogP contribution in [-0.2, 0) is 9.47 Å². The van der Waals surface area contributed by atoms with Crippen LogP contribution < -0.4 is 0 Å². The Morgan fingerprint density at radius 2 is 1.04 bits per heavy atom. The van der Waals surface area contributed by atoms with E-state index in [1.165, 1.54) is 0 Å². The van der Waals surface area contributed by atoms with Gasteiger partial charge in [-0.15, -0.1) is 0 Å². The lowest BCUT2D eigenvalue weighted by Crippen LogP contribution is -2.36. The van der Waals surface area contributed by atoms with Crippen molar-refractivity contribution in [2.45, 2.75) is 97.8 Å². The highest BCUT2D eigenvalue weighted by Crippen LogP contribution is 2.37. The van der Waals surface area contributed by atoms with E-state index in [0.717, 1.165) is 51.4 Å². The first-order valence-corrected chi connectivity index (χ1v) is 11.3. The quantitative estimate of drug-likeness (QED) is 0.155. The molecule has 0 aromatic rings. The average Bonchev–Trinajstić information content (AvgIpc) is 2.51. The molecule has 0 amide bonds. The van der Waals surface area contributed by atoms with Crippen molar-refractivity contribution in [3.05, 3.63) is 0 Å². The third-order valence-corrected chi connectivity index (χ3v) is 5.31. The van der Waals surface area contributed by atoms with Gasteiger partial charge in [0.25, 0.3) is 0 Å². The minimum atomic E-state index is -1.75. The first kappa shape index (κ1) is 27.0. The Bertz CT molecular complexity index is 348. The molecule has 0 bridgehead atoms. The minimum absolute atomic E-state index is 0.417. The van der Waals surface area contributed by atoms with Gasteiger partial charge in [0.1, 0.15) is 0 Å². The summed E-state index contributed by atoms with van der Waals surface area (Å²) in [5.41, 5.74) is 0. The second-order valence-corrected chi connectivity index (χ2v) is 11.0. The van der Waals surface area contributed by atoms with Crippen molar-refractivity contribution < 1.29 is 14.3 Å². The van der Waals surface area contributed by atoms with Gasteiger partial charge < -0.3 is 9.47 Å². The molecular weight excluding hydrogens is 465 g/mol. The van der Waals surface area contributed by atoms with Gasteiger partial charge in [-0.2, -0.15) is 0 Å². The third kappa shape index (κ3) is 13.2. The number of hydrogen-bond donors (Lipinski definition) is 0. The van der Waals surface area contributed by atoms with Crippen molar-refractivity contribution in [1.29, 1.82) is 0 Å². The van der Waals surface area contributed by atoms with E-state index >= 15 is 0 Å². The molecule has 2 unspecified atom stereocenters.